The molecule has 2 heterocycles. The molecule has 4 aromatic rings. The number of aryl methyl sites for hydroxylation is 2. The van der Waals surface area contributed by atoms with Crippen LogP contribution in [0.3, 0.4) is 0 Å². The molecule has 1 fully saturated rings. The van der Waals surface area contributed by atoms with Crippen LogP contribution in [0.15, 0.2) is 72.3 Å². The predicted molar refractivity (Wildman–Crippen MR) is 174 cm³/mol. The summed E-state index contributed by atoms with van der Waals surface area (Å²) in [5.41, 5.74) is 3.12. The van der Waals surface area contributed by atoms with Crippen LogP contribution in [0.1, 0.15) is 57.5 Å². The Balaban J connectivity index is 1.57. The molecule has 1 N–H and O–H groups in total. The van der Waals surface area contributed by atoms with Crippen molar-refractivity contribution in [2.75, 3.05) is 25.2 Å². The molecule has 1 aliphatic rings. The Labute approximate surface area is 270 Å². The van der Waals surface area contributed by atoms with Crippen LogP contribution in [0.2, 0.25) is 0 Å². The molecule has 1 unspecified atom stereocenters. The van der Waals surface area contributed by atoms with E-state index in [0.717, 1.165) is 22.5 Å². The van der Waals surface area contributed by atoms with Crippen molar-refractivity contribution in [2.24, 2.45) is 0 Å². The van der Waals surface area contributed by atoms with Crippen molar-refractivity contribution in [2.45, 2.75) is 40.3 Å². The van der Waals surface area contributed by atoms with Gasteiger partial charge in [-0.15, -0.1) is 0 Å². The highest BCUT2D eigenvalue weighted by Crippen LogP contribution is 2.45. The summed E-state index contributed by atoms with van der Waals surface area (Å²) in [6.07, 6.45) is 0. The Hall–Kier alpha value is -5.16. The number of ketones is 1. The summed E-state index contributed by atoms with van der Waals surface area (Å²) in [5, 5.41) is 11.7. The maximum atomic E-state index is 13.7. The fourth-order valence-corrected chi connectivity index (χ4v) is 6.17. The summed E-state index contributed by atoms with van der Waals surface area (Å²) < 4.78 is 22.3. The Morgan fingerprint density at radius 2 is 1.72 bits per heavy atom. The number of anilines is 1. The normalized spacial score (nSPS) is 15.6. The minimum Gasteiger partial charge on any atom is -0.507 e. The highest BCUT2D eigenvalue weighted by atomic mass is 32.1. The SMILES string of the molecule is CCOC(=O)c1sc(N2C(=O)C(=O)/C(=C(/O)c3ccc(OCc4cccc(C)c4)cc3)C2c2ccc(OCC)c(OC)c2)nc1C. The van der Waals surface area contributed by atoms with Gasteiger partial charge in [-0.2, -0.15) is 0 Å². The van der Waals surface area contributed by atoms with Gasteiger partial charge in [0.2, 0.25) is 0 Å². The van der Waals surface area contributed by atoms with E-state index < -0.39 is 23.7 Å². The summed E-state index contributed by atoms with van der Waals surface area (Å²) in [6, 6.07) is 18.5. The van der Waals surface area contributed by atoms with Gasteiger partial charge in [0.25, 0.3) is 5.78 Å². The summed E-state index contributed by atoms with van der Waals surface area (Å²) in [6.45, 7) is 8.09. The number of thiazole rings is 1. The molecule has 3 aromatic carbocycles. The first-order chi connectivity index (χ1) is 22.2. The minimum absolute atomic E-state index is 0.111. The summed E-state index contributed by atoms with van der Waals surface area (Å²) in [5.74, 6) is -1.34. The lowest BCUT2D eigenvalue weighted by Crippen LogP contribution is -2.29. The number of esters is 1. The van der Waals surface area contributed by atoms with E-state index in [4.69, 9.17) is 18.9 Å². The first-order valence-electron chi connectivity index (χ1n) is 14.7. The van der Waals surface area contributed by atoms with Crippen molar-refractivity contribution in [1.82, 2.24) is 4.98 Å². The highest BCUT2D eigenvalue weighted by molar-refractivity contribution is 7.17. The number of methoxy groups -OCH3 is 1. The van der Waals surface area contributed by atoms with Gasteiger partial charge in [-0.1, -0.05) is 47.2 Å². The third-order valence-corrected chi connectivity index (χ3v) is 8.45. The van der Waals surface area contributed by atoms with Crippen molar-refractivity contribution >= 4 is 39.9 Å². The molecule has 1 atom stereocenters. The van der Waals surface area contributed by atoms with Crippen LogP contribution in [0.4, 0.5) is 5.13 Å². The van der Waals surface area contributed by atoms with E-state index in [0.29, 0.717) is 47.3 Å². The summed E-state index contributed by atoms with van der Waals surface area (Å²) >= 11 is 0.937. The molecule has 0 spiro atoms. The van der Waals surface area contributed by atoms with Gasteiger partial charge in [-0.3, -0.25) is 14.5 Å². The third-order valence-electron chi connectivity index (χ3n) is 7.32. The zero-order chi connectivity index (χ0) is 33.0. The second kappa shape index (κ2) is 13.9. The number of aliphatic hydroxyl groups is 1. The van der Waals surface area contributed by atoms with Gasteiger partial charge in [-0.25, -0.2) is 9.78 Å². The van der Waals surface area contributed by atoms with Crippen LogP contribution < -0.4 is 19.1 Å². The van der Waals surface area contributed by atoms with E-state index in [1.54, 1.807) is 56.3 Å². The lowest BCUT2D eigenvalue weighted by atomic mass is 9.95. The fraction of sp³-hybridized carbons (Fsp3) is 0.257. The molecule has 11 heteroatoms. The fourth-order valence-electron chi connectivity index (χ4n) is 5.18. The van der Waals surface area contributed by atoms with Crippen molar-refractivity contribution in [1.29, 1.82) is 0 Å². The Bertz CT molecular complexity index is 1810. The number of aromatic nitrogens is 1. The molecule has 0 bridgehead atoms. The van der Waals surface area contributed by atoms with Gasteiger partial charge in [-0.05, 0) is 75.2 Å². The van der Waals surface area contributed by atoms with E-state index in [2.05, 4.69) is 4.98 Å². The molecule has 1 aliphatic heterocycles. The standard InChI is InChI=1S/C35H34N2O8S/c1-6-43-26-16-13-24(18-27(26)42-5)29-28(31(39)33(40)37(29)35-36-21(4)32(46-35)34(41)44-7-2)30(38)23-11-14-25(15-12-23)45-19-22-10-8-9-20(3)17-22/h8-18,29,38H,6-7,19H2,1-5H3/b30-28+. The van der Waals surface area contributed by atoms with Crippen LogP contribution in [-0.2, 0) is 20.9 Å². The molecule has 1 aromatic heterocycles. The van der Waals surface area contributed by atoms with Crippen LogP contribution in [-0.4, -0.2) is 48.1 Å². The third kappa shape index (κ3) is 6.45. The van der Waals surface area contributed by atoms with Crippen LogP contribution >= 0.6 is 11.3 Å². The quantitative estimate of drug-likeness (QED) is 0.0839. The van der Waals surface area contributed by atoms with Gasteiger partial charge in [0.1, 0.15) is 23.0 Å². The number of amides is 1. The molecular formula is C35H34N2O8S. The molecule has 0 saturated carbocycles. The number of hydrogen-bond donors (Lipinski definition) is 1. The maximum Gasteiger partial charge on any atom is 0.350 e. The number of carbonyl (C=O) groups excluding carboxylic acids is 3. The first-order valence-corrected chi connectivity index (χ1v) is 15.5. The summed E-state index contributed by atoms with van der Waals surface area (Å²) in [4.78, 5) is 45.8. The molecule has 46 heavy (non-hydrogen) atoms. The molecule has 1 amide bonds. The smallest absolute Gasteiger partial charge is 0.350 e. The molecule has 1 saturated heterocycles. The number of nitrogens with zero attached hydrogens (tertiary/aromatic N) is 2. The van der Waals surface area contributed by atoms with Crippen LogP contribution in [0.25, 0.3) is 5.76 Å². The molecule has 0 aliphatic carbocycles. The second-order valence-corrected chi connectivity index (χ2v) is 11.4. The minimum atomic E-state index is -1.09. The number of ether oxygens (including phenoxy) is 4. The maximum absolute atomic E-state index is 13.7. The zero-order valence-corrected chi connectivity index (χ0v) is 27.0. The van der Waals surface area contributed by atoms with Crippen molar-refractivity contribution in [3.8, 4) is 17.2 Å². The monoisotopic (exact) mass is 642 g/mol. The van der Waals surface area contributed by atoms with Gasteiger partial charge < -0.3 is 24.1 Å². The molecular weight excluding hydrogens is 608 g/mol. The van der Waals surface area contributed by atoms with Gasteiger partial charge in [0.15, 0.2) is 16.6 Å². The largest absolute Gasteiger partial charge is 0.507 e. The van der Waals surface area contributed by atoms with Gasteiger partial charge in [0.05, 0.1) is 37.6 Å². The van der Waals surface area contributed by atoms with E-state index in [1.165, 1.54) is 12.0 Å². The Kier molecular flexibility index (Phi) is 9.72. The Morgan fingerprint density at radius 3 is 2.39 bits per heavy atom. The number of benzene rings is 3. The van der Waals surface area contributed by atoms with Gasteiger partial charge in [0, 0.05) is 5.56 Å². The topological polar surface area (TPSA) is 124 Å². The lowest BCUT2D eigenvalue weighted by molar-refractivity contribution is -0.132. The molecule has 0 radical (unpaired) electrons. The predicted octanol–water partition coefficient (Wildman–Crippen LogP) is 6.55. The highest BCUT2D eigenvalue weighted by Gasteiger charge is 2.48. The number of hydrogen-bond acceptors (Lipinski definition) is 10. The number of rotatable bonds is 11. The summed E-state index contributed by atoms with van der Waals surface area (Å²) in [7, 11) is 1.48. The Morgan fingerprint density at radius 1 is 0.957 bits per heavy atom. The second-order valence-electron chi connectivity index (χ2n) is 10.4. The average Bonchev–Trinajstić information content (AvgIpc) is 3.56. The zero-order valence-electron chi connectivity index (χ0n) is 26.2. The molecule has 238 valence electrons. The first kappa shape index (κ1) is 32.2. The van der Waals surface area contributed by atoms with Crippen molar-refractivity contribution < 1.29 is 38.4 Å². The average molecular weight is 643 g/mol. The van der Waals surface area contributed by atoms with Crippen molar-refractivity contribution in [3.05, 3.63) is 105 Å². The lowest BCUT2D eigenvalue weighted by Gasteiger charge is -2.24. The number of aliphatic hydroxyl groups excluding tert-OH is 1. The van der Waals surface area contributed by atoms with Crippen molar-refractivity contribution in [3.63, 3.8) is 0 Å². The van der Waals surface area contributed by atoms with E-state index in [1.807, 2.05) is 38.1 Å². The van der Waals surface area contributed by atoms with E-state index >= 15 is 0 Å². The molecule has 5 rings (SSSR count). The van der Waals surface area contributed by atoms with Crippen LogP contribution in [0.5, 0.6) is 17.2 Å². The van der Waals surface area contributed by atoms with E-state index in [9.17, 15) is 19.5 Å². The molecule has 10 nitrogen and oxygen atoms in total. The number of carbonyl (C=O) groups is 3. The van der Waals surface area contributed by atoms with Gasteiger partial charge >= 0.3 is 11.9 Å². The number of Topliss-reactive ketones (excluding diaryl/α,β-unsaturated/α-hetero) is 1. The van der Waals surface area contributed by atoms with E-state index in [-0.39, 0.29) is 27.9 Å². The van der Waals surface area contributed by atoms with Crippen LogP contribution in [0, 0.1) is 13.8 Å².